The largest absolute Gasteiger partial charge is 0.497 e. The Bertz CT molecular complexity index is 499. The second-order valence-electron chi connectivity index (χ2n) is 4.22. The molecule has 5 heteroatoms. The maximum absolute atomic E-state index is 5.97. The predicted molar refractivity (Wildman–Crippen MR) is 74.7 cm³/mol. The molecule has 0 fully saturated rings. The maximum Gasteiger partial charge on any atom is 0.119 e. The third-order valence-corrected chi connectivity index (χ3v) is 3.34. The van der Waals surface area contributed by atoms with Gasteiger partial charge in [0.25, 0.3) is 0 Å². The molecule has 0 unspecified atom stereocenters. The fourth-order valence-electron chi connectivity index (χ4n) is 1.78. The minimum Gasteiger partial charge on any atom is -0.497 e. The number of benzene rings is 1. The zero-order valence-electron chi connectivity index (χ0n) is 10.6. The summed E-state index contributed by atoms with van der Waals surface area (Å²) in [6, 6.07) is 5.73. The van der Waals surface area contributed by atoms with Gasteiger partial charge in [-0.25, -0.2) is 4.98 Å². The lowest BCUT2D eigenvalue weighted by molar-refractivity contribution is 0.315. The van der Waals surface area contributed by atoms with E-state index in [1.807, 2.05) is 23.7 Å². The second-order valence-corrected chi connectivity index (χ2v) is 4.94. The maximum atomic E-state index is 5.97. The third-order valence-electron chi connectivity index (χ3n) is 2.71. The van der Waals surface area contributed by atoms with Crippen LogP contribution in [0.15, 0.2) is 29.1 Å². The number of aromatic nitrogens is 1. The number of hydrogen-bond acceptors (Lipinski definition) is 5. The van der Waals surface area contributed by atoms with Crippen LogP contribution in [0.5, 0.6) is 5.75 Å². The molecule has 4 nitrogen and oxygen atoms in total. The molecule has 1 heterocycles. The van der Waals surface area contributed by atoms with Gasteiger partial charge in [-0.05, 0) is 30.8 Å². The molecule has 2 aromatic rings. The molecule has 0 saturated heterocycles. The highest BCUT2D eigenvalue weighted by molar-refractivity contribution is 7.07. The Morgan fingerprint density at radius 1 is 1.39 bits per heavy atom. The van der Waals surface area contributed by atoms with Crippen LogP contribution in [0.4, 0.5) is 5.69 Å². The van der Waals surface area contributed by atoms with E-state index in [1.54, 1.807) is 18.4 Å². The molecule has 0 spiro atoms. The molecule has 0 aliphatic carbocycles. The summed E-state index contributed by atoms with van der Waals surface area (Å²) in [7, 11) is 3.71. The van der Waals surface area contributed by atoms with Gasteiger partial charge in [0.05, 0.1) is 18.3 Å². The number of anilines is 1. The fraction of sp³-hybridized carbons (Fsp3) is 0.308. The number of ether oxygens (including phenoxy) is 1. The topological polar surface area (TPSA) is 51.4 Å². The van der Waals surface area contributed by atoms with Crippen LogP contribution < -0.4 is 10.5 Å². The average Bonchev–Trinajstić information content (AvgIpc) is 2.84. The number of nitrogens with zero attached hydrogens (tertiary/aromatic N) is 2. The van der Waals surface area contributed by atoms with Crippen molar-refractivity contribution in [2.45, 2.75) is 13.1 Å². The van der Waals surface area contributed by atoms with Crippen LogP contribution in [-0.2, 0) is 13.1 Å². The highest BCUT2D eigenvalue weighted by atomic mass is 32.1. The van der Waals surface area contributed by atoms with Crippen molar-refractivity contribution in [2.75, 3.05) is 19.9 Å². The third kappa shape index (κ3) is 3.21. The van der Waals surface area contributed by atoms with Crippen molar-refractivity contribution in [2.24, 2.45) is 0 Å². The van der Waals surface area contributed by atoms with E-state index in [9.17, 15) is 0 Å². The number of methoxy groups -OCH3 is 1. The molecule has 0 atom stereocenters. The zero-order chi connectivity index (χ0) is 13.0. The molecule has 0 bridgehead atoms. The van der Waals surface area contributed by atoms with Crippen LogP contribution in [0, 0.1) is 0 Å². The Balaban J connectivity index is 2.04. The van der Waals surface area contributed by atoms with Gasteiger partial charge in [-0.15, -0.1) is 11.3 Å². The Labute approximate surface area is 111 Å². The molecule has 0 amide bonds. The number of nitrogens with two attached hydrogens (primary N) is 1. The quantitative estimate of drug-likeness (QED) is 0.841. The number of rotatable bonds is 5. The Kier molecular flexibility index (Phi) is 4.17. The summed E-state index contributed by atoms with van der Waals surface area (Å²) in [6.45, 7) is 1.60. The first-order valence-corrected chi connectivity index (χ1v) is 6.61. The first kappa shape index (κ1) is 12.9. The van der Waals surface area contributed by atoms with E-state index in [-0.39, 0.29) is 0 Å². The minimum absolute atomic E-state index is 0.778. The molecule has 1 aromatic heterocycles. The molecule has 2 rings (SSSR count). The summed E-state index contributed by atoms with van der Waals surface area (Å²) in [5, 5.41) is 2.06. The summed E-state index contributed by atoms with van der Waals surface area (Å²) in [4.78, 5) is 6.46. The summed E-state index contributed by atoms with van der Waals surface area (Å²) in [5.74, 6) is 0.834. The van der Waals surface area contributed by atoms with Gasteiger partial charge in [0.2, 0.25) is 0 Å². The second kappa shape index (κ2) is 5.84. The van der Waals surface area contributed by atoms with Crippen molar-refractivity contribution >= 4 is 17.0 Å². The lowest BCUT2D eigenvalue weighted by Gasteiger charge is -2.17. The highest BCUT2D eigenvalue weighted by Gasteiger charge is 2.07. The monoisotopic (exact) mass is 263 g/mol. The first-order valence-electron chi connectivity index (χ1n) is 5.67. The summed E-state index contributed by atoms with van der Waals surface area (Å²) < 4.78 is 5.21. The predicted octanol–water partition coefficient (Wildman–Crippen LogP) is 2.37. The number of nitrogen functional groups attached to an aromatic ring is 1. The van der Waals surface area contributed by atoms with E-state index < -0.39 is 0 Å². The Hall–Kier alpha value is -1.59. The molecule has 2 N–H and O–H groups in total. The Morgan fingerprint density at radius 3 is 2.89 bits per heavy atom. The van der Waals surface area contributed by atoms with Gasteiger partial charge in [0.15, 0.2) is 0 Å². The van der Waals surface area contributed by atoms with Crippen molar-refractivity contribution < 1.29 is 4.74 Å². The van der Waals surface area contributed by atoms with Crippen LogP contribution in [0.1, 0.15) is 11.3 Å². The Morgan fingerprint density at radius 2 is 2.22 bits per heavy atom. The lowest BCUT2D eigenvalue weighted by atomic mass is 10.1. The fourth-order valence-corrected chi connectivity index (χ4v) is 2.33. The molecule has 18 heavy (non-hydrogen) atoms. The van der Waals surface area contributed by atoms with Crippen LogP contribution in [0.2, 0.25) is 0 Å². The summed E-state index contributed by atoms with van der Waals surface area (Å²) >= 11 is 1.61. The smallest absolute Gasteiger partial charge is 0.119 e. The average molecular weight is 263 g/mol. The van der Waals surface area contributed by atoms with E-state index in [1.165, 1.54) is 0 Å². The molecular weight excluding hydrogens is 246 g/mol. The standard InChI is InChI=1S/C13H17N3OS/c1-16(7-11-8-18-9-15-11)6-10-5-12(17-2)3-4-13(10)14/h3-5,8-9H,6-7,14H2,1-2H3. The van der Waals surface area contributed by atoms with Gasteiger partial charge >= 0.3 is 0 Å². The minimum atomic E-state index is 0.778. The van der Waals surface area contributed by atoms with Gasteiger partial charge in [0, 0.05) is 24.2 Å². The van der Waals surface area contributed by atoms with Crippen molar-refractivity contribution in [3.8, 4) is 5.75 Å². The summed E-state index contributed by atoms with van der Waals surface area (Å²) in [6.07, 6.45) is 0. The van der Waals surface area contributed by atoms with Crippen molar-refractivity contribution in [1.29, 1.82) is 0 Å². The van der Waals surface area contributed by atoms with Gasteiger partial charge in [-0.1, -0.05) is 0 Å². The SMILES string of the molecule is COc1ccc(N)c(CN(C)Cc2cscn2)c1. The molecule has 0 radical (unpaired) electrons. The molecule has 0 aliphatic rings. The van der Waals surface area contributed by atoms with Crippen molar-refractivity contribution in [3.63, 3.8) is 0 Å². The van der Waals surface area contributed by atoms with E-state index in [2.05, 4.69) is 22.3 Å². The number of thiazole rings is 1. The van der Waals surface area contributed by atoms with Gasteiger partial charge in [-0.3, -0.25) is 4.90 Å². The van der Waals surface area contributed by atoms with E-state index in [4.69, 9.17) is 10.5 Å². The lowest BCUT2D eigenvalue weighted by Crippen LogP contribution is -2.18. The van der Waals surface area contributed by atoms with Crippen LogP contribution >= 0.6 is 11.3 Å². The van der Waals surface area contributed by atoms with Gasteiger partial charge < -0.3 is 10.5 Å². The van der Waals surface area contributed by atoms with Crippen LogP contribution in [-0.4, -0.2) is 24.0 Å². The first-order chi connectivity index (χ1) is 8.69. The number of hydrogen-bond donors (Lipinski definition) is 1. The zero-order valence-corrected chi connectivity index (χ0v) is 11.4. The van der Waals surface area contributed by atoms with E-state index in [0.29, 0.717) is 0 Å². The van der Waals surface area contributed by atoms with Crippen molar-refractivity contribution in [3.05, 3.63) is 40.3 Å². The normalized spacial score (nSPS) is 10.8. The summed E-state index contributed by atoms with van der Waals surface area (Å²) in [5.41, 5.74) is 10.8. The highest BCUT2D eigenvalue weighted by Crippen LogP contribution is 2.21. The van der Waals surface area contributed by atoms with Gasteiger partial charge in [0.1, 0.15) is 5.75 Å². The van der Waals surface area contributed by atoms with Gasteiger partial charge in [-0.2, -0.15) is 0 Å². The molecular formula is C13H17N3OS. The molecule has 96 valence electrons. The van der Waals surface area contributed by atoms with E-state index >= 15 is 0 Å². The van der Waals surface area contributed by atoms with E-state index in [0.717, 1.165) is 35.8 Å². The molecule has 0 aliphatic heterocycles. The van der Waals surface area contributed by atoms with Crippen LogP contribution in [0.25, 0.3) is 0 Å². The van der Waals surface area contributed by atoms with Crippen LogP contribution in [0.3, 0.4) is 0 Å². The molecule has 0 saturated carbocycles. The molecule has 1 aromatic carbocycles. The van der Waals surface area contributed by atoms with Crippen molar-refractivity contribution in [1.82, 2.24) is 9.88 Å².